The summed E-state index contributed by atoms with van der Waals surface area (Å²) in [6, 6.07) is 14.6. The lowest BCUT2D eigenvalue weighted by atomic mass is 9.93. The molecular formula is C32H39N5O2. The number of nitrogens with zero attached hydrogens (tertiary/aromatic N) is 5. The molecule has 1 aliphatic heterocycles. The molecule has 0 atom stereocenters. The molecule has 0 bridgehead atoms. The number of rotatable bonds is 10. The Labute approximate surface area is 231 Å². The van der Waals surface area contributed by atoms with Gasteiger partial charge in [-0.15, -0.1) is 0 Å². The topological polar surface area (TPSA) is 69.2 Å². The molecule has 2 aromatic carbocycles. The highest BCUT2D eigenvalue weighted by Gasteiger charge is 2.23. The van der Waals surface area contributed by atoms with E-state index in [9.17, 15) is 0 Å². The maximum absolute atomic E-state index is 5.74. The largest absolute Gasteiger partial charge is 0.499 e. The van der Waals surface area contributed by atoms with Gasteiger partial charge in [-0.25, -0.2) is 0 Å². The van der Waals surface area contributed by atoms with Crippen molar-refractivity contribution in [3.63, 3.8) is 0 Å². The lowest BCUT2D eigenvalue weighted by molar-refractivity contribution is 0.136. The van der Waals surface area contributed by atoms with E-state index in [4.69, 9.17) is 19.3 Å². The Morgan fingerprint density at radius 3 is 2.44 bits per heavy atom. The predicted octanol–water partition coefficient (Wildman–Crippen LogP) is 6.71. The fraction of sp³-hybridized carbons (Fsp3) is 0.406. The van der Waals surface area contributed by atoms with Gasteiger partial charge in [0.15, 0.2) is 5.69 Å². The van der Waals surface area contributed by atoms with E-state index in [1.165, 1.54) is 16.7 Å². The summed E-state index contributed by atoms with van der Waals surface area (Å²) in [5, 5.41) is 9.07. The summed E-state index contributed by atoms with van der Waals surface area (Å²) in [7, 11) is 0. The number of allylic oxidation sites excluding steroid dienone is 1. The maximum atomic E-state index is 5.74. The molecule has 7 heteroatoms. The van der Waals surface area contributed by atoms with Crippen LogP contribution in [0.3, 0.4) is 0 Å². The van der Waals surface area contributed by atoms with Crippen molar-refractivity contribution in [1.82, 2.24) is 24.8 Å². The predicted molar refractivity (Wildman–Crippen MR) is 155 cm³/mol. The van der Waals surface area contributed by atoms with E-state index in [1.807, 2.05) is 36.0 Å². The van der Waals surface area contributed by atoms with Crippen LogP contribution >= 0.6 is 0 Å². The second kappa shape index (κ2) is 12.0. The average Bonchev–Trinajstić information content (AvgIpc) is 3.61. The van der Waals surface area contributed by atoms with Crippen molar-refractivity contribution in [2.45, 2.75) is 53.5 Å². The number of hydrogen-bond acceptors (Lipinski definition) is 6. The highest BCUT2D eigenvalue weighted by Crippen LogP contribution is 2.32. The molecule has 0 saturated carbocycles. The second-order valence-corrected chi connectivity index (χ2v) is 10.4. The van der Waals surface area contributed by atoms with Crippen molar-refractivity contribution < 1.29 is 9.26 Å². The molecular weight excluding hydrogens is 486 g/mol. The van der Waals surface area contributed by atoms with Gasteiger partial charge in [-0.3, -0.25) is 4.68 Å². The minimum Gasteiger partial charge on any atom is -0.499 e. The van der Waals surface area contributed by atoms with Gasteiger partial charge in [0.25, 0.3) is 5.89 Å². The first kappa shape index (κ1) is 26.9. The van der Waals surface area contributed by atoms with Crippen molar-refractivity contribution in [2.24, 2.45) is 5.92 Å². The fourth-order valence-corrected chi connectivity index (χ4v) is 5.58. The van der Waals surface area contributed by atoms with Gasteiger partial charge in [0.05, 0.1) is 12.4 Å². The van der Waals surface area contributed by atoms with Gasteiger partial charge in [0, 0.05) is 36.3 Å². The van der Waals surface area contributed by atoms with Crippen LogP contribution in [0.5, 0.6) is 0 Å². The Kier molecular flexibility index (Phi) is 8.27. The van der Waals surface area contributed by atoms with E-state index in [0.717, 1.165) is 67.9 Å². The number of hydrogen-bond donors (Lipinski definition) is 0. The Morgan fingerprint density at radius 1 is 1.05 bits per heavy atom. The third kappa shape index (κ3) is 5.98. The van der Waals surface area contributed by atoms with Gasteiger partial charge in [0.1, 0.15) is 0 Å². The van der Waals surface area contributed by atoms with E-state index >= 15 is 0 Å². The number of aromatic nitrogens is 4. The van der Waals surface area contributed by atoms with Crippen molar-refractivity contribution in [3.05, 3.63) is 77.7 Å². The van der Waals surface area contributed by atoms with Crippen LogP contribution < -0.4 is 0 Å². The minimum atomic E-state index is 0.436. The average molecular weight is 526 g/mol. The summed E-state index contributed by atoms with van der Waals surface area (Å²) < 4.78 is 13.3. The monoisotopic (exact) mass is 525 g/mol. The van der Waals surface area contributed by atoms with Crippen molar-refractivity contribution in [1.29, 1.82) is 0 Å². The zero-order chi connectivity index (χ0) is 27.4. The Balaban J connectivity index is 1.29. The molecule has 1 aliphatic rings. The van der Waals surface area contributed by atoms with Crippen LogP contribution in [-0.4, -0.2) is 51.1 Å². The molecule has 5 rings (SSSR count). The number of ether oxygens (including phenoxy) is 1. The number of likely N-dealkylation sites (tertiary alicyclic amines) is 1. The van der Waals surface area contributed by atoms with Gasteiger partial charge in [-0.05, 0) is 94.4 Å². The molecule has 0 aliphatic carbocycles. The van der Waals surface area contributed by atoms with E-state index in [1.54, 1.807) is 0 Å². The summed E-state index contributed by atoms with van der Waals surface area (Å²) >= 11 is 0. The molecule has 0 N–H and O–H groups in total. The van der Waals surface area contributed by atoms with Crippen LogP contribution in [0.4, 0.5) is 0 Å². The number of piperidine rings is 1. The first-order valence-corrected chi connectivity index (χ1v) is 14.1. The minimum absolute atomic E-state index is 0.436. The maximum Gasteiger partial charge on any atom is 0.279 e. The van der Waals surface area contributed by atoms with Gasteiger partial charge < -0.3 is 14.2 Å². The van der Waals surface area contributed by atoms with Gasteiger partial charge in [-0.2, -0.15) is 10.1 Å². The summed E-state index contributed by atoms with van der Waals surface area (Å²) in [6.07, 6.45) is 5.31. The molecule has 0 unspecified atom stereocenters. The molecule has 0 radical (unpaired) electrons. The quantitative estimate of drug-likeness (QED) is 0.214. The highest BCUT2D eigenvalue weighted by molar-refractivity contribution is 5.77. The molecule has 1 saturated heterocycles. The zero-order valence-corrected chi connectivity index (χ0v) is 23.6. The summed E-state index contributed by atoms with van der Waals surface area (Å²) in [4.78, 5) is 7.33. The van der Waals surface area contributed by atoms with Crippen molar-refractivity contribution >= 4 is 0 Å². The Morgan fingerprint density at radius 2 is 1.77 bits per heavy atom. The van der Waals surface area contributed by atoms with Gasteiger partial charge in [0.2, 0.25) is 5.82 Å². The van der Waals surface area contributed by atoms with Crippen LogP contribution in [0, 0.1) is 19.8 Å². The molecule has 3 heterocycles. The highest BCUT2D eigenvalue weighted by atomic mass is 16.5. The molecule has 0 amide bonds. The van der Waals surface area contributed by atoms with Crippen molar-refractivity contribution in [2.75, 3.05) is 26.2 Å². The van der Waals surface area contributed by atoms with E-state index in [2.05, 4.69) is 61.7 Å². The molecule has 39 heavy (non-hydrogen) atoms. The molecule has 204 valence electrons. The van der Waals surface area contributed by atoms with Gasteiger partial charge in [-0.1, -0.05) is 42.1 Å². The number of benzene rings is 2. The van der Waals surface area contributed by atoms with Crippen LogP contribution in [0.1, 0.15) is 43.4 Å². The summed E-state index contributed by atoms with van der Waals surface area (Å²) in [5.41, 5.74) is 7.66. The molecule has 4 aromatic rings. The van der Waals surface area contributed by atoms with Gasteiger partial charge >= 0.3 is 0 Å². The lowest BCUT2D eigenvalue weighted by Gasteiger charge is -2.32. The Hall–Kier alpha value is -3.71. The summed E-state index contributed by atoms with van der Waals surface area (Å²) in [5.74, 6) is 2.47. The lowest BCUT2D eigenvalue weighted by Crippen LogP contribution is -2.36. The standard InChI is InChI=1S/C32H39N5O2/c1-6-37-21-29(26-11-9-8-10-12-26)30(34-37)32-33-31(35-39-32)27-19-22(3)28(23(4)20-27)15-18-36-16-13-25(14-17-36)24(5)38-7-2/h8-12,19-21,25H,5-7,13-18H2,1-4H3. The van der Waals surface area contributed by atoms with E-state index < -0.39 is 0 Å². The van der Waals surface area contributed by atoms with E-state index in [-0.39, 0.29) is 0 Å². The summed E-state index contributed by atoms with van der Waals surface area (Å²) in [6.45, 7) is 17.3. The molecule has 1 fully saturated rings. The normalized spacial score (nSPS) is 14.6. The van der Waals surface area contributed by atoms with Crippen LogP contribution in [0.2, 0.25) is 0 Å². The second-order valence-electron chi connectivity index (χ2n) is 10.4. The number of aryl methyl sites for hydroxylation is 3. The SMILES string of the molecule is C=C(OCC)C1CCN(CCc2c(C)cc(-c3noc(-c4nn(CC)cc4-c4ccccc4)n3)cc2C)CC1. The third-order valence-corrected chi connectivity index (χ3v) is 7.80. The molecule has 7 nitrogen and oxygen atoms in total. The first-order valence-electron chi connectivity index (χ1n) is 14.1. The zero-order valence-electron chi connectivity index (χ0n) is 23.6. The third-order valence-electron chi connectivity index (χ3n) is 7.80. The fourth-order valence-electron chi connectivity index (χ4n) is 5.58. The molecule has 2 aromatic heterocycles. The Bertz CT molecular complexity index is 1390. The van der Waals surface area contributed by atoms with Crippen molar-refractivity contribution in [3.8, 4) is 34.1 Å². The smallest absolute Gasteiger partial charge is 0.279 e. The van der Waals surface area contributed by atoms with Crippen LogP contribution in [0.15, 0.2) is 65.5 Å². The first-order chi connectivity index (χ1) is 19.0. The van der Waals surface area contributed by atoms with Crippen LogP contribution in [0.25, 0.3) is 34.1 Å². The van der Waals surface area contributed by atoms with E-state index in [0.29, 0.717) is 29.9 Å². The molecule has 0 spiro atoms. The van der Waals surface area contributed by atoms with Crippen LogP contribution in [-0.2, 0) is 17.7 Å².